The van der Waals surface area contributed by atoms with E-state index < -0.39 is 0 Å². The molecule has 3 rings (SSSR count). The van der Waals surface area contributed by atoms with Gasteiger partial charge in [-0.05, 0) is 47.1 Å². The van der Waals surface area contributed by atoms with Gasteiger partial charge in [0.15, 0.2) is 0 Å². The average molecular weight is 382 g/mol. The van der Waals surface area contributed by atoms with Crippen molar-refractivity contribution in [1.29, 1.82) is 0 Å². The van der Waals surface area contributed by atoms with E-state index in [9.17, 15) is 4.79 Å². The zero-order valence-electron chi connectivity index (χ0n) is 17.0. The lowest BCUT2D eigenvalue weighted by molar-refractivity contribution is 0.0760. The quantitative estimate of drug-likeness (QED) is 0.613. The molecule has 3 heteroatoms. The minimum absolute atomic E-state index is 0.117. The molecule has 0 saturated carbocycles. The smallest absolute Gasteiger partial charge is 0.255 e. The van der Waals surface area contributed by atoms with E-state index in [-0.39, 0.29) is 16.7 Å². The van der Waals surface area contributed by atoms with E-state index in [1.54, 1.807) is 0 Å². The van der Waals surface area contributed by atoms with Gasteiger partial charge in [0.25, 0.3) is 5.91 Å². The molecule has 2 aromatic carbocycles. The van der Waals surface area contributed by atoms with Crippen LogP contribution in [-0.4, -0.2) is 23.1 Å². The molecule has 1 amide bonds. The van der Waals surface area contributed by atoms with Crippen molar-refractivity contribution in [3.05, 3.63) is 70.8 Å². The van der Waals surface area contributed by atoms with Gasteiger partial charge >= 0.3 is 0 Å². The summed E-state index contributed by atoms with van der Waals surface area (Å²) in [6.45, 7) is 9.70. The molecule has 0 N–H and O–H groups in total. The predicted octanol–water partition coefficient (Wildman–Crippen LogP) is 6.21. The van der Waals surface area contributed by atoms with Crippen LogP contribution in [0.5, 0.6) is 0 Å². The molecule has 1 aliphatic rings. The van der Waals surface area contributed by atoms with E-state index in [1.165, 1.54) is 29.5 Å². The van der Waals surface area contributed by atoms with Crippen LogP contribution in [0.2, 0.25) is 0 Å². The lowest BCUT2D eigenvalue weighted by Crippen LogP contribution is -2.30. The SMILES string of the molecule is CCCCc1ccc(C(=O)N2CCS[C@H]2c2ccc(C(C)(C)C)cc2)cc1. The number of carbonyl (C=O) groups is 1. The Kier molecular flexibility index (Phi) is 6.31. The maximum Gasteiger partial charge on any atom is 0.255 e. The zero-order valence-corrected chi connectivity index (χ0v) is 17.8. The van der Waals surface area contributed by atoms with Crippen molar-refractivity contribution < 1.29 is 4.79 Å². The molecule has 0 bridgehead atoms. The molecule has 0 unspecified atom stereocenters. The van der Waals surface area contributed by atoms with Crippen molar-refractivity contribution in [1.82, 2.24) is 4.90 Å². The summed E-state index contributed by atoms with van der Waals surface area (Å²) in [7, 11) is 0. The van der Waals surface area contributed by atoms with Crippen LogP contribution in [0.15, 0.2) is 48.5 Å². The van der Waals surface area contributed by atoms with Gasteiger partial charge in [0.05, 0.1) is 0 Å². The third kappa shape index (κ3) is 4.76. The van der Waals surface area contributed by atoms with Gasteiger partial charge in [-0.25, -0.2) is 0 Å². The molecule has 2 aromatic rings. The average Bonchev–Trinajstić information content (AvgIpc) is 3.15. The highest BCUT2D eigenvalue weighted by atomic mass is 32.2. The molecule has 1 atom stereocenters. The lowest BCUT2D eigenvalue weighted by Gasteiger charge is -2.25. The second kappa shape index (κ2) is 8.52. The van der Waals surface area contributed by atoms with Gasteiger partial charge < -0.3 is 4.90 Å². The zero-order chi connectivity index (χ0) is 19.4. The van der Waals surface area contributed by atoms with Crippen molar-refractivity contribution >= 4 is 17.7 Å². The van der Waals surface area contributed by atoms with Gasteiger partial charge in [0, 0.05) is 17.9 Å². The number of carbonyl (C=O) groups excluding carboxylic acids is 1. The molecular weight excluding hydrogens is 350 g/mol. The summed E-state index contributed by atoms with van der Waals surface area (Å²) in [5.74, 6) is 1.14. The molecular formula is C24H31NOS. The molecule has 0 aromatic heterocycles. The molecule has 2 nitrogen and oxygen atoms in total. The van der Waals surface area contributed by atoms with Gasteiger partial charge in [-0.3, -0.25) is 4.79 Å². The number of hydrogen-bond donors (Lipinski definition) is 0. The van der Waals surface area contributed by atoms with Crippen LogP contribution in [0.25, 0.3) is 0 Å². The Morgan fingerprint density at radius 1 is 1.07 bits per heavy atom. The number of aryl methyl sites for hydroxylation is 1. The highest BCUT2D eigenvalue weighted by molar-refractivity contribution is 7.99. The van der Waals surface area contributed by atoms with Gasteiger partial charge in [-0.2, -0.15) is 0 Å². The van der Waals surface area contributed by atoms with E-state index in [0.717, 1.165) is 24.3 Å². The fraction of sp³-hybridized carbons (Fsp3) is 0.458. The van der Waals surface area contributed by atoms with E-state index in [2.05, 4.69) is 64.1 Å². The molecule has 1 aliphatic heterocycles. The molecule has 144 valence electrons. The maximum atomic E-state index is 13.1. The lowest BCUT2D eigenvalue weighted by atomic mass is 9.86. The fourth-order valence-electron chi connectivity index (χ4n) is 3.46. The van der Waals surface area contributed by atoms with Gasteiger partial charge in [0.1, 0.15) is 5.37 Å². The van der Waals surface area contributed by atoms with E-state index in [4.69, 9.17) is 0 Å². The molecule has 27 heavy (non-hydrogen) atoms. The van der Waals surface area contributed by atoms with Gasteiger partial charge in [0.2, 0.25) is 0 Å². The van der Waals surface area contributed by atoms with E-state index in [0.29, 0.717) is 0 Å². The van der Waals surface area contributed by atoms with E-state index in [1.807, 2.05) is 28.8 Å². The molecule has 0 spiro atoms. The molecule has 0 radical (unpaired) electrons. The van der Waals surface area contributed by atoms with Crippen LogP contribution in [-0.2, 0) is 11.8 Å². The molecule has 1 fully saturated rings. The number of unbranched alkanes of at least 4 members (excludes halogenated alkanes) is 1. The normalized spacial score (nSPS) is 17.3. The van der Waals surface area contributed by atoms with Crippen molar-refractivity contribution in [2.24, 2.45) is 0 Å². The second-order valence-corrected chi connectivity index (χ2v) is 9.58. The monoisotopic (exact) mass is 381 g/mol. The number of nitrogens with zero attached hydrogens (tertiary/aromatic N) is 1. The summed E-state index contributed by atoms with van der Waals surface area (Å²) in [5, 5.41) is 0.117. The third-order valence-corrected chi connectivity index (χ3v) is 6.49. The van der Waals surface area contributed by atoms with Gasteiger partial charge in [-0.15, -0.1) is 11.8 Å². The highest BCUT2D eigenvalue weighted by Crippen LogP contribution is 2.39. The predicted molar refractivity (Wildman–Crippen MR) is 116 cm³/mol. The van der Waals surface area contributed by atoms with Crippen molar-refractivity contribution in [3.8, 4) is 0 Å². The second-order valence-electron chi connectivity index (χ2n) is 8.39. The van der Waals surface area contributed by atoms with Crippen LogP contribution in [0.3, 0.4) is 0 Å². The van der Waals surface area contributed by atoms with Crippen molar-refractivity contribution in [2.45, 2.75) is 57.7 Å². The summed E-state index contributed by atoms with van der Waals surface area (Å²) in [6.07, 6.45) is 3.48. The third-order valence-electron chi connectivity index (χ3n) is 5.23. The van der Waals surface area contributed by atoms with Crippen molar-refractivity contribution in [2.75, 3.05) is 12.3 Å². The Bertz CT molecular complexity index is 758. The minimum Gasteiger partial charge on any atom is -0.322 e. The Labute approximate surface area is 168 Å². The first-order valence-corrected chi connectivity index (χ1v) is 11.1. The number of hydrogen-bond acceptors (Lipinski definition) is 2. The topological polar surface area (TPSA) is 20.3 Å². The number of benzene rings is 2. The van der Waals surface area contributed by atoms with Crippen LogP contribution in [0, 0.1) is 0 Å². The van der Waals surface area contributed by atoms with Crippen molar-refractivity contribution in [3.63, 3.8) is 0 Å². The molecule has 0 aliphatic carbocycles. The minimum atomic E-state index is 0.117. The van der Waals surface area contributed by atoms with Gasteiger partial charge in [-0.1, -0.05) is 70.5 Å². The Morgan fingerprint density at radius 2 is 1.74 bits per heavy atom. The van der Waals surface area contributed by atoms with Crippen LogP contribution < -0.4 is 0 Å². The number of amides is 1. The summed E-state index contributed by atoms with van der Waals surface area (Å²) in [4.78, 5) is 15.1. The Morgan fingerprint density at radius 3 is 2.33 bits per heavy atom. The van der Waals surface area contributed by atoms with Crippen LogP contribution in [0.4, 0.5) is 0 Å². The summed E-state index contributed by atoms with van der Waals surface area (Å²) in [5.41, 5.74) is 4.82. The maximum absolute atomic E-state index is 13.1. The highest BCUT2D eigenvalue weighted by Gasteiger charge is 2.31. The summed E-state index contributed by atoms with van der Waals surface area (Å²) < 4.78 is 0. The number of rotatable bonds is 5. The van der Waals surface area contributed by atoms with Crippen LogP contribution in [0.1, 0.15) is 73.0 Å². The standard InChI is InChI=1S/C24H31NOS/c1-5-6-7-18-8-10-19(11-9-18)22(26)25-16-17-27-23(25)20-12-14-21(15-13-20)24(2,3)4/h8-15,23H,5-7,16-17H2,1-4H3/t23-/m0/s1. The summed E-state index contributed by atoms with van der Waals surface area (Å²) in [6, 6.07) is 17.0. The largest absolute Gasteiger partial charge is 0.322 e. The molecule has 1 saturated heterocycles. The first-order chi connectivity index (χ1) is 12.9. The Hall–Kier alpha value is -1.74. The Balaban J connectivity index is 1.74. The first-order valence-electron chi connectivity index (χ1n) is 10.0. The first kappa shape index (κ1) is 20.0. The van der Waals surface area contributed by atoms with E-state index >= 15 is 0 Å². The number of thioether (sulfide) groups is 1. The molecule has 1 heterocycles. The summed E-state index contributed by atoms with van der Waals surface area (Å²) >= 11 is 1.86. The fourth-order valence-corrected chi connectivity index (χ4v) is 4.72. The van der Waals surface area contributed by atoms with Crippen LogP contribution >= 0.6 is 11.8 Å².